The average molecular weight is 204 g/mol. The lowest BCUT2D eigenvalue weighted by Gasteiger charge is -2.04. The van der Waals surface area contributed by atoms with Crippen molar-refractivity contribution in [2.24, 2.45) is 5.92 Å². The molecule has 0 saturated heterocycles. The summed E-state index contributed by atoms with van der Waals surface area (Å²) < 4.78 is 12.8. The van der Waals surface area contributed by atoms with Gasteiger partial charge in [-0.25, -0.2) is 4.39 Å². The highest BCUT2D eigenvalue weighted by molar-refractivity contribution is 5.56. The summed E-state index contributed by atoms with van der Waals surface area (Å²) in [5.41, 5.74) is 3.07. The van der Waals surface area contributed by atoms with Gasteiger partial charge in [0, 0.05) is 0 Å². The Kier molecular flexibility index (Phi) is 3.84. The molecule has 0 aliphatic carbocycles. The molecule has 0 unspecified atom stereocenters. The summed E-state index contributed by atoms with van der Waals surface area (Å²) >= 11 is 0. The standard InChI is InChI=1S/C14H17F/c1-10(2)11(3)5-6-13-7-8-14(15)9-12(13)4/h5-10H,3H2,1-2,4H3/b6-5-. The summed E-state index contributed by atoms with van der Waals surface area (Å²) in [7, 11) is 0. The first-order valence-electron chi connectivity index (χ1n) is 5.13. The molecule has 80 valence electrons. The molecule has 1 aromatic carbocycles. The monoisotopic (exact) mass is 204 g/mol. The maximum absolute atomic E-state index is 12.8. The molecule has 0 fully saturated rings. The second kappa shape index (κ2) is 4.92. The van der Waals surface area contributed by atoms with Crippen LogP contribution < -0.4 is 0 Å². The van der Waals surface area contributed by atoms with Crippen LogP contribution in [0.25, 0.3) is 6.08 Å². The first kappa shape index (κ1) is 11.7. The van der Waals surface area contributed by atoms with Gasteiger partial charge in [0.15, 0.2) is 0 Å². The van der Waals surface area contributed by atoms with Crippen molar-refractivity contribution in [2.45, 2.75) is 20.8 Å². The van der Waals surface area contributed by atoms with E-state index in [9.17, 15) is 4.39 Å². The minimum absolute atomic E-state index is 0.188. The van der Waals surface area contributed by atoms with E-state index >= 15 is 0 Å². The maximum atomic E-state index is 12.8. The zero-order chi connectivity index (χ0) is 11.4. The zero-order valence-corrected chi connectivity index (χ0v) is 9.55. The predicted octanol–water partition coefficient (Wildman–Crippen LogP) is 4.36. The van der Waals surface area contributed by atoms with Crippen LogP contribution in [0, 0.1) is 18.7 Å². The smallest absolute Gasteiger partial charge is 0.123 e. The van der Waals surface area contributed by atoms with Crippen molar-refractivity contribution in [2.75, 3.05) is 0 Å². The molecule has 0 saturated carbocycles. The lowest BCUT2D eigenvalue weighted by atomic mass is 10.0. The molecule has 15 heavy (non-hydrogen) atoms. The molecule has 0 bridgehead atoms. The SMILES string of the molecule is C=C(/C=C\c1ccc(F)cc1C)C(C)C. The van der Waals surface area contributed by atoms with E-state index in [0.717, 1.165) is 16.7 Å². The van der Waals surface area contributed by atoms with Gasteiger partial charge in [0.25, 0.3) is 0 Å². The molecule has 0 nitrogen and oxygen atoms in total. The van der Waals surface area contributed by atoms with Gasteiger partial charge in [0.05, 0.1) is 0 Å². The lowest BCUT2D eigenvalue weighted by Crippen LogP contribution is -1.88. The van der Waals surface area contributed by atoms with E-state index in [2.05, 4.69) is 20.4 Å². The summed E-state index contributed by atoms with van der Waals surface area (Å²) in [5.74, 6) is 0.259. The molecular weight excluding hydrogens is 187 g/mol. The highest BCUT2D eigenvalue weighted by Crippen LogP contribution is 2.15. The van der Waals surface area contributed by atoms with Crippen LogP contribution in [-0.2, 0) is 0 Å². The molecule has 0 aromatic heterocycles. The molecular formula is C14H17F. The van der Waals surface area contributed by atoms with Crippen molar-refractivity contribution in [1.29, 1.82) is 0 Å². The van der Waals surface area contributed by atoms with Gasteiger partial charge in [-0.05, 0) is 36.1 Å². The highest BCUT2D eigenvalue weighted by atomic mass is 19.1. The Bertz CT molecular complexity index is 386. The Morgan fingerprint density at radius 3 is 2.60 bits per heavy atom. The molecule has 0 spiro atoms. The summed E-state index contributed by atoms with van der Waals surface area (Å²) in [4.78, 5) is 0. The average Bonchev–Trinajstić information content (AvgIpc) is 2.15. The number of hydrogen-bond acceptors (Lipinski definition) is 0. The van der Waals surface area contributed by atoms with Crippen LogP contribution in [0.4, 0.5) is 4.39 Å². The van der Waals surface area contributed by atoms with Gasteiger partial charge in [0.1, 0.15) is 5.82 Å². The largest absolute Gasteiger partial charge is 0.207 e. The number of allylic oxidation sites excluding steroid dienone is 2. The molecule has 0 aliphatic rings. The Morgan fingerprint density at radius 2 is 2.07 bits per heavy atom. The fourth-order valence-electron chi connectivity index (χ4n) is 1.22. The van der Waals surface area contributed by atoms with Crippen LogP contribution in [0.5, 0.6) is 0 Å². The number of halogens is 1. The molecule has 0 aliphatic heterocycles. The summed E-state index contributed by atoms with van der Waals surface area (Å²) in [5, 5.41) is 0. The van der Waals surface area contributed by atoms with E-state index in [0.29, 0.717) is 5.92 Å². The van der Waals surface area contributed by atoms with Crippen LogP contribution in [0.1, 0.15) is 25.0 Å². The highest BCUT2D eigenvalue weighted by Gasteiger charge is 1.98. The Hall–Kier alpha value is -1.37. The molecule has 1 heteroatoms. The third-order valence-electron chi connectivity index (χ3n) is 2.45. The lowest BCUT2D eigenvalue weighted by molar-refractivity contribution is 0.626. The minimum atomic E-state index is -0.188. The molecule has 0 radical (unpaired) electrons. The van der Waals surface area contributed by atoms with Gasteiger partial charge in [-0.2, -0.15) is 0 Å². The van der Waals surface area contributed by atoms with Crippen molar-refractivity contribution in [3.8, 4) is 0 Å². The Labute approximate surface area is 91.1 Å². The Balaban J connectivity index is 2.85. The predicted molar refractivity (Wildman–Crippen MR) is 64.1 cm³/mol. The quantitative estimate of drug-likeness (QED) is 0.642. The minimum Gasteiger partial charge on any atom is -0.207 e. The molecule has 0 N–H and O–H groups in total. The molecule has 0 heterocycles. The third-order valence-corrected chi connectivity index (χ3v) is 2.45. The van der Waals surface area contributed by atoms with E-state index in [1.807, 2.05) is 19.1 Å². The fraction of sp³-hybridized carbons (Fsp3) is 0.286. The first-order valence-corrected chi connectivity index (χ1v) is 5.13. The van der Waals surface area contributed by atoms with E-state index in [4.69, 9.17) is 0 Å². The number of benzene rings is 1. The third kappa shape index (κ3) is 3.35. The van der Waals surface area contributed by atoms with Crippen LogP contribution in [0.2, 0.25) is 0 Å². The summed E-state index contributed by atoms with van der Waals surface area (Å²) in [6.45, 7) is 10.1. The van der Waals surface area contributed by atoms with Crippen molar-refractivity contribution >= 4 is 6.08 Å². The van der Waals surface area contributed by atoms with Gasteiger partial charge in [0.2, 0.25) is 0 Å². The van der Waals surface area contributed by atoms with Crippen molar-refractivity contribution in [1.82, 2.24) is 0 Å². The van der Waals surface area contributed by atoms with E-state index < -0.39 is 0 Å². The second-order valence-electron chi connectivity index (χ2n) is 4.06. The van der Waals surface area contributed by atoms with Gasteiger partial charge < -0.3 is 0 Å². The number of rotatable bonds is 3. The van der Waals surface area contributed by atoms with Crippen molar-refractivity contribution in [3.63, 3.8) is 0 Å². The summed E-state index contributed by atoms with van der Waals surface area (Å²) in [6.07, 6.45) is 3.97. The van der Waals surface area contributed by atoms with Crippen molar-refractivity contribution < 1.29 is 4.39 Å². The normalized spacial score (nSPS) is 11.3. The van der Waals surface area contributed by atoms with Crippen LogP contribution in [0.3, 0.4) is 0 Å². The van der Waals surface area contributed by atoms with Gasteiger partial charge >= 0.3 is 0 Å². The number of aryl methyl sites for hydroxylation is 1. The molecule has 1 rings (SSSR count). The van der Waals surface area contributed by atoms with Crippen LogP contribution in [0.15, 0.2) is 36.4 Å². The van der Waals surface area contributed by atoms with Crippen LogP contribution >= 0.6 is 0 Å². The first-order chi connectivity index (χ1) is 7.00. The van der Waals surface area contributed by atoms with E-state index in [1.54, 1.807) is 6.07 Å². The summed E-state index contributed by atoms with van der Waals surface area (Å²) in [6, 6.07) is 4.80. The second-order valence-corrected chi connectivity index (χ2v) is 4.06. The Morgan fingerprint density at radius 1 is 1.40 bits per heavy atom. The fourth-order valence-corrected chi connectivity index (χ4v) is 1.22. The van der Waals surface area contributed by atoms with Crippen molar-refractivity contribution in [3.05, 3.63) is 53.4 Å². The molecule has 1 aromatic rings. The molecule has 0 atom stereocenters. The topological polar surface area (TPSA) is 0 Å². The van der Waals surface area contributed by atoms with E-state index in [-0.39, 0.29) is 5.82 Å². The zero-order valence-electron chi connectivity index (χ0n) is 9.55. The van der Waals surface area contributed by atoms with Gasteiger partial charge in [-0.15, -0.1) is 0 Å². The van der Waals surface area contributed by atoms with Gasteiger partial charge in [-0.1, -0.05) is 44.2 Å². The van der Waals surface area contributed by atoms with Gasteiger partial charge in [-0.3, -0.25) is 0 Å². The number of hydrogen-bond donors (Lipinski definition) is 0. The van der Waals surface area contributed by atoms with E-state index in [1.165, 1.54) is 12.1 Å². The van der Waals surface area contributed by atoms with Crippen LogP contribution in [-0.4, -0.2) is 0 Å². The maximum Gasteiger partial charge on any atom is 0.123 e. The molecule has 0 amide bonds.